The molecule has 1 fully saturated rings. The monoisotopic (exact) mass is 410 g/mol. The van der Waals surface area contributed by atoms with Crippen LogP contribution in [-0.4, -0.2) is 28.4 Å². The van der Waals surface area contributed by atoms with Crippen molar-refractivity contribution in [1.29, 1.82) is 0 Å². The van der Waals surface area contributed by atoms with Gasteiger partial charge in [0.2, 0.25) is 5.91 Å². The minimum Gasteiger partial charge on any atom is -0.320 e. The van der Waals surface area contributed by atoms with Gasteiger partial charge in [-0.2, -0.15) is 0 Å². The summed E-state index contributed by atoms with van der Waals surface area (Å²) in [6, 6.07) is 11.7. The molecular weight excluding hydrogens is 391 g/mol. The van der Waals surface area contributed by atoms with Gasteiger partial charge in [0.05, 0.1) is 17.1 Å². The molecule has 1 saturated heterocycles. The van der Waals surface area contributed by atoms with Gasteiger partial charge in [-0.05, 0) is 41.3 Å². The van der Waals surface area contributed by atoms with Crippen LogP contribution in [0.4, 0.5) is 15.8 Å². The van der Waals surface area contributed by atoms with Crippen LogP contribution in [0.5, 0.6) is 0 Å². The summed E-state index contributed by atoms with van der Waals surface area (Å²) in [5.41, 5.74) is 2.71. The molecule has 2 aromatic rings. The molecule has 2 heterocycles. The first-order chi connectivity index (χ1) is 13.7. The highest BCUT2D eigenvalue weighted by atomic mass is 32.2. The number of hydrogen-bond donors (Lipinski definition) is 1. The predicted molar refractivity (Wildman–Crippen MR) is 114 cm³/mol. The highest BCUT2D eigenvalue weighted by molar-refractivity contribution is 8.15. The summed E-state index contributed by atoms with van der Waals surface area (Å²) in [5, 5.41) is 11.2. The molecule has 2 amide bonds. The van der Waals surface area contributed by atoms with Crippen molar-refractivity contribution in [3.63, 3.8) is 0 Å². The minimum absolute atomic E-state index is 0.00366. The Morgan fingerprint density at radius 3 is 2.48 bits per heavy atom. The van der Waals surface area contributed by atoms with Crippen LogP contribution in [-0.2, 0) is 15.0 Å². The van der Waals surface area contributed by atoms with E-state index in [1.165, 1.54) is 34.9 Å². The predicted octanol–water partition coefficient (Wildman–Crippen LogP) is 3.92. The van der Waals surface area contributed by atoms with Gasteiger partial charge in [0.1, 0.15) is 5.82 Å². The topological polar surface area (TPSA) is 74.1 Å². The second-order valence-corrected chi connectivity index (χ2v) is 8.73. The van der Waals surface area contributed by atoms with Crippen LogP contribution in [0.2, 0.25) is 0 Å². The second-order valence-electron chi connectivity index (χ2n) is 7.79. The third kappa shape index (κ3) is 3.67. The largest absolute Gasteiger partial charge is 0.320 e. The molecule has 148 valence electrons. The molecule has 0 spiro atoms. The van der Waals surface area contributed by atoms with Crippen molar-refractivity contribution in [3.05, 3.63) is 59.4 Å². The van der Waals surface area contributed by atoms with Crippen LogP contribution < -0.4 is 10.2 Å². The van der Waals surface area contributed by atoms with Crippen molar-refractivity contribution < 1.29 is 14.0 Å². The summed E-state index contributed by atoms with van der Waals surface area (Å²) in [7, 11) is 0. The number of anilines is 2. The molecule has 6 nitrogen and oxygen atoms in total. The minimum atomic E-state index is -0.466. The fourth-order valence-corrected chi connectivity index (χ4v) is 3.93. The summed E-state index contributed by atoms with van der Waals surface area (Å²) in [6.07, 6.45) is 0. The lowest BCUT2D eigenvalue weighted by Crippen LogP contribution is -2.29. The Labute approximate surface area is 171 Å². The van der Waals surface area contributed by atoms with E-state index in [2.05, 4.69) is 36.3 Å². The van der Waals surface area contributed by atoms with Crippen LogP contribution in [0.1, 0.15) is 31.9 Å². The quantitative estimate of drug-likeness (QED) is 0.763. The van der Waals surface area contributed by atoms with Gasteiger partial charge < -0.3 is 5.32 Å². The molecule has 0 saturated carbocycles. The van der Waals surface area contributed by atoms with Crippen LogP contribution in [0.15, 0.2) is 52.7 Å². The zero-order valence-electron chi connectivity index (χ0n) is 16.2. The van der Waals surface area contributed by atoms with E-state index in [0.717, 1.165) is 5.56 Å². The third-order valence-corrected chi connectivity index (χ3v) is 5.61. The fraction of sp³-hybridized carbons (Fsp3) is 0.238. The normalized spacial score (nSPS) is 19.2. The van der Waals surface area contributed by atoms with Crippen LogP contribution in [0, 0.1) is 5.82 Å². The smallest absolute Gasteiger partial charge is 0.276 e. The summed E-state index contributed by atoms with van der Waals surface area (Å²) < 4.78 is 13.6. The van der Waals surface area contributed by atoms with E-state index >= 15 is 0 Å². The van der Waals surface area contributed by atoms with E-state index in [-0.39, 0.29) is 22.8 Å². The molecule has 0 atom stereocenters. The molecule has 0 aliphatic carbocycles. The number of fused-ring (bicyclic) bond motifs is 1. The highest BCUT2D eigenvalue weighted by Crippen LogP contribution is 2.30. The molecule has 8 heteroatoms. The van der Waals surface area contributed by atoms with Crippen molar-refractivity contribution >= 4 is 45.8 Å². The Kier molecular flexibility index (Phi) is 4.74. The zero-order valence-corrected chi connectivity index (χ0v) is 17.0. The number of nitrogens with one attached hydrogen (secondary N) is 1. The molecule has 2 aliphatic heterocycles. The third-order valence-electron chi connectivity index (χ3n) is 4.69. The number of benzene rings is 2. The number of hydrogen-bond acceptors (Lipinski definition) is 5. The molecule has 0 bridgehead atoms. The molecule has 0 unspecified atom stereocenters. The van der Waals surface area contributed by atoms with Gasteiger partial charge in [-0.25, -0.2) is 4.39 Å². The van der Waals surface area contributed by atoms with Crippen molar-refractivity contribution in [3.8, 4) is 0 Å². The number of halogens is 1. The average molecular weight is 410 g/mol. The van der Waals surface area contributed by atoms with Crippen molar-refractivity contribution in [1.82, 2.24) is 0 Å². The van der Waals surface area contributed by atoms with Crippen molar-refractivity contribution in [2.45, 2.75) is 26.2 Å². The Balaban J connectivity index is 1.67. The summed E-state index contributed by atoms with van der Waals surface area (Å²) in [6.45, 7) is 6.36. The number of amides is 2. The van der Waals surface area contributed by atoms with Crippen LogP contribution >= 0.6 is 11.8 Å². The molecule has 4 rings (SSSR count). The van der Waals surface area contributed by atoms with Gasteiger partial charge >= 0.3 is 0 Å². The lowest BCUT2D eigenvalue weighted by Gasteiger charge is -2.21. The molecule has 2 aromatic carbocycles. The maximum absolute atomic E-state index is 13.6. The van der Waals surface area contributed by atoms with E-state index < -0.39 is 11.7 Å². The lowest BCUT2D eigenvalue weighted by molar-refractivity contribution is -0.115. The Hall–Kier alpha value is -3.00. The highest BCUT2D eigenvalue weighted by Gasteiger charge is 2.31. The number of rotatable bonds is 2. The van der Waals surface area contributed by atoms with Gasteiger partial charge in [0.15, 0.2) is 10.9 Å². The SMILES string of the molecule is CC(C)(C)c1ccc(N2C(=O)CSC2=NN=C2C(=O)Nc3ccc(F)cc32)cc1. The maximum Gasteiger partial charge on any atom is 0.276 e. The van der Waals surface area contributed by atoms with Gasteiger partial charge in [-0.3, -0.25) is 14.5 Å². The van der Waals surface area contributed by atoms with Crippen LogP contribution in [0.25, 0.3) is 0 Å². The van der Waals surface area contributed by atoms with Gasteiger partial charge in [-0.1, -0.05) is 44.7 Å². The summed E-state index contributed by atoms with van der Waals surface area (Å²) in [5.74, 6) is -0.793. The maximum atomic E-state index is 13.6. The molecule has 0 radical (unpaired) electrons. The van der Waals surface area contributed by atoms with E-state index in [1.54, 1.807) is 0 Å². The molecular formula is C21H19FN4O2S. The Morgan fingerprint density at radius 2 is 1.79 bits per heavy atom. The summed E-state index contributed by atoms with van der Waals surface area (Å²) >= 11 is 1.25. The van der Waals surface area contributed by atoms with E-state index in [1.807, 2.05) is 24.3 Å². The van der Waals surface area contributed by atoms with Gasteiger partial charge in [0, 0.05) is 5.56 Å². The van der Waals surface area contributed by atoms with Crippen molar-refractivity contribution in [2.24, 2.45) is 10.2 Å². The average Bonchev–Trinajstić information content (AvgIpc) is 3.18. The zero-order chi connectivity index (χ0) is 20.8. The van der Waals surface area contributed by atoms with Gasteiger partial charge in [-0.15, -0.1) is 10.2 Å². The lowest BCUT2D eigenvalue weighted by atomic mass is 9.87. The van der Waals surface area contributed by atoms with E-state index in [4.69, 9.17) is 0 Å². The van der Waals surface area contributed by atoms with E-state index in [0.29, 0.717) is 22.1 Å². The van der Waals surface area contributed by atoms with E-state index in [9.17, 15) is 14.0 Å². The molecule has 0 aromatic heterocycles. The molecule has 1 N–H and O–H groups in total. The summed E-state index contributed by atoms with van der Waals surface area (Å²) in [4.78, 5) is 26.1. The number of nitrogens with zero attached hydrogens (tertiary/aromatic N) is 3. The van der Waals surface area contributed by atoms with Crippen LogP contribution in [0.3, 0.4) is 0 Å². The molecule has 29 heavy (non-hydrogen) atoms. The first-order valence-electron chi connectivity index (χ1n) is 9.07. The first-order valence-corrected chi connectivity index (χ1v) is 10.1. The first kappa shape index (κ1) is 19.3. The Bertz CT molecular complexity index is 1070. The number of carbonyl (C=O) groups is 2. The molecule has 2 aliphatic rings. The Morgan fingerprint density at radius 1 is 1.07 bits per heavy atom. The van der Waals surface area contributed by atoms with Gasteiger partial charge in [0.25, 0.3) is 5.91 Å². The number of carbonyl (C=O) groups excluding carboxylic acids is 2. The standard InChI is InChI=1S/C21H19FN4O2S/c1-21(2,3)12-4-7-14(8-5-12)26-17(27)11-29-20(26)25-24-18-15-10-13(22)6-9-16(15)23-19(18)28/h4-10H,11H2,1-3H3,(H,23,24,28). The number of thioether (sulfide) groups is 1. The second kappa shape index (κ2) is 7.11. The fourth-order valence-electron chi connectivity index (χ4n) is 3.12. The number of amidine groups is 1. The van der Waals surface area contributed by atoms with Crippen molar-refractivity contribution in [2.75, 3.05) is 16.0 Å².